The Morgan fingerprint density at radius 2 is 2.21 bits per heavy atom. The molecule has 0 radical (unpaired) electrons. The molecule has 2 aromatic rings. The Morgan fingerprint density at radius 3 is 2.86 bits per heavy atom. The number of carbonyl (C=O) groups is 1. The average Bonchev–Trinajstić information content (AvgIpc) is 3.35. The smallest absolute Gasteiger partial charge is 0.251 e. The molecule has 28 heavy (non-hydrogen) atoms. The molecule has 1 amide bonds. The Bertz CT molecular complexity index is 968. The molecule has 0 aromatic heterocycles. The monoisotopic (exact) mass is 379 g/mol. The molecular formula is C22H25N3O3. The van der Waals surface area contributed by atoms with Crippen LogP contribution in [0.2, 0.25) is 0 Å². The second-order valence-electron chi connectivity index (χ2n) is 7.49. The lowest BCUT2D eigenvalue weighted by Crippen LogP contribution is -2.26. The van der Waals surface area contributed by atoms with Crippen molar-refractivity contribution in [3.63, 3.8) is 0 Å². The fraction of sp³-hybridized carbons (Fsp3) is 0.364. The van der Waals surface area contributed by atoms with Gasteiger partial charge in [0.1, 0.15) is 5.75 Å². The molecule has 1 saturated heterocycles. The summed E-state index contributed by atoms with van der Waals surface area (Å²) in [5, 5.41) is 9.53. The lowest BCUT2D eigenvalue weighted by molar-refractivity contribution is 0.1000. The van der Waals surface area contributed by atoms with Crippen molar-refractivity contribution in [1.82, 2.24) is 0 Å². The van der Waals surface area contributed by atoms with Crippen molar-refractivity contribution in [2.45, 2.75) is 19.8 Å². The number of fused-ring (bicyclic) bond motifs is 1. The molecule has 1 atom stereocenters. The van der Waals surface area contributed by atoms with Crippen LogP contribution >= 0.6 is 0 Å². The van der Waals surface area contributed by atoms with Gasteiger partial charge >= 0.3 is 0 Å². The highest BCUT2D eigenvalue weighted by Gasteiger charge is 2.30. The predicted molar refractivity (Wildman–Crippen MR) is 111 cm³/mol. The summed E-state index contributed by atoms with van der Waals surface area (Å²) in [6, 6.07) is 8.08. The lowest BCUT2D eigenvalue weighted by Gasteiger charge is -2.24. The van der Waals surface area contributed by atoms with Crippen LogP contribution in [0.5, 0.6) is 5.75 Å². The molecule has 6 nitrogen and oxygen atoms in total. The van der Waals surface area contributed by atoms with Crippen LogP contribution in [0.15, 0.2) is 29.3 Å². The highest BCUT2D eigenvalue weighted by atomic mass is 16.5. The minimum absolute atomic E-state index is 0.154. The number of benzene rings is 2. The highest BCUT2D eigenvalue weighted by Crippen LogP contribution is 2.44. The van der Waals surface area contributed by atoms with Gasteiger partial charge in [-0.2, -0.15) is 0 Å². The summed E-state index contributed by atoms with van der Waals surface area (Å²) in [5.41, 5.74) is 12.0. The van der Waals surface area contributed by atoms with Gasteiger partial charge in [0, 0.05) is 43.8 Å². The van der Waals surface area contributed by atoms with E-state index in [4.69, 9.17) is 10.5 Å². The van der Waals surface area contributed by atoms with Gasteiger partial charge in [0.25, 0.3) is 5.91 Å². The first-order valence-corrected chi connectivity index (χ1v) is 9.56. The van der Waals surface area contributed by atoms with Crippen LogP contribution in [0.3, 0.4) is 0 Å². The zero-order chi connectivity index (χ0) is 19.8. The van der Waals surface area contributed by atoms with Crippen LogP contribution in [-0.4, -0.2) is 44.0 Å². The van der Waals surface area contributed by atoms with Gasteiger partial charge in [-0.3, -0.25) is 9.79 Å². The molecule has 3 N–H and O–H groups in total. The molecule has 2 aliphatic heterocycles. The lowest BCUT2D eigenvalue weighted by atomic mass is 9.92. The molecule has 4 rings (SSSR count). The van der Waals surface area contributed by atoms with E-state index in [0.29, 0.717) is 12.0 Å². The number of aliphatic hydroxyl groups excluding tert-OH is 1. The molecule has 2 aliphatic rings. The summed E-state index contributed by atoms with van der Waals surface area (Å²) < 4.78 is 5.39. The second kappa shape index (κ2) is 7.28. The van der Waals surface area contributed by atoms with E-state index in [1.165, 1.54) is 0 Å². The first kappa shape index (κ1) is 18.5. The van der Waals surface area contributed by atoms with E-state index in [1.54, 1.807) is 7.11 Å². The molecule has 0 unspecified atom stereocenters. The summed E-state index contributed by atoms with van der Waals surface area (Å²) in [5.74, 6) is 0.627. The molecule has 2 heterocycles. The summed E-state index contributed by atoms with van der Waals surface area (Å²) >= 11 is 0. The third-order valence-corrected chi connectivity index (χ3v) is 5.73. The van der Waals surface area contributed by atoms with Gasteiger partial charge in [-0.15, -0.1) is 0 Å². The van der Waals surface area contributed by atoms with E-state index in [0.717, 1.165) is 58.9 Å². The maximum absolute atomic E-state index is 12.3. The van der Waals surface area contributed by atoms with Crippen LogP contribution in [-0.2, 0) is 6.42 Å². The average molecular weight is 379 g/mol. The van der Waals surface area contributed by atoms with Gasteiger partial charge in [-0.1, -0.05) is 6.07 Å². The molecule has 146 valence electrons. The third-order valence-electron chi connectivity index (χ3n) is 5.73. The van der Waals surface area contributed by atoms with Crippen molar-refractivity contribution in [1.29, 1.82) is 0 Å². The number of methoxy groups -OCH3 is 1. The number of anilines is 1. The third kappa shape index (κ3) is 3.03. The van der Waals surface area contributed by atoms with E-state index in [-0.39, 0.29) is 12.5 Å². The summed E-state index contributed by atoms with van der Waals surface area (Å²) in [4.78, 5) is 19.1. The van der Waals surface area contributed by atoms with E-state index in [2.05, 4.69) is 16.0 Å². The fourth-order valence-electron chi connectivity index (χ4n) is 4.28. The van der Waals surface area contributed by atoms with E-state index < -0.39 is 5.91 Å². The number of amides is 1. The van der Waals surface area contributed by atoms with Crippen molar-refractivity contribution in [3.8, 4) is 16.9 Å². The fourth-order valence-corrected chi connectivity index (χ4v) is 4.28. The molecule has 0 saturated carbocycles. The Kier molecular flexibility index (Phi) is 4.81. The Labute approximate surface area is 164 Å². The van der Waals surface area contributed by atoms with Crippen molar-refractivity contribution < 1.29 is 14.6 Å². The molecule has 0 spiro atoms. The number of aliphatic hydroxyl groups is 1. The number of carbonyl (C=O) groups excluding carboxylic acids is 1. The summed E-state index contributed by atoms with van der Waals surface area (Å²) in [7, 11) is 1.66. The van der Waals surface area contributed by atoms with E-state index in [9.17, 15) is 9.90 Å². The SMILES string of the molecule is COc1ccc(-c2cc(N3CC[C@H](CO)C3)c(C(N)=O)c3c2N=CC3)cc1C. The van der Waals surface area contributed by atoms with Gasteiger partial charge in [-0.25, -0.2) is 0 Å². The van der Waals surface area contributed by atoms with Gasteiger partial charge in [0.05, 0.1) is 24.0 Å². The van der Waals surface area contributed by atoms with Crippen LogP contribution < -0.4 is 15.4 Å². The number of primary amides is 1. The maximum Gasteiger partial charge on any atom is 0.251 e. The Morgan fingerprint density at radius 1 is 1.39 bits per heavy atom. The molecule has 0 bridgehead atoms. The van der Waals surface area contributed by atoms with E-state index >= 15 is 0 Å². The number of ether oxygens (including phenoxy) is 1. The minimum atomic E-state index is -0.429. The minimum Gasteiger partial charge on any atom is -0.496 e. The molecule has 6 heteroatoms. The number of rotatable bonds is 5. The van der Waals surface area contributed by atoms with Gasteiger partial charge in [0.15, 0.2) is 0 Å². The van der Waals surface area contributed by atoms with Crippen molar-refractivity contribution in [3.05, 3.63) is 41.0 Å². The quantitative estimate of drug-likeness (QED) is 0.836. The standard InChI is InChI=1S/C22H25N3O3/c1-13-9-15(3-4-19(13)28-2)17-10-18(25-8-6-14(11-25)12-26)20(22(23)27)16-5-7-24-21(16)17/h3-4,7,9-10,14,26H,5-6,8,11-12H2,1-2H3,(H2,23,27)/t14-/m0/s1. The van der Waals surface area contributed by atoms with Crippen molar-refractivity contribution in [2.75, 3.05) is 31.7 Å². The Hall–Kier alpha value is -2.86. The van der Waals surface area contributed by atoms with Crippen LogP contribution in [0, 0.1) is 12.8 Å². The number of hydrogen-bond acceptors (Lipinski definition) is 5. The topological polar surface area (TPSA) is 88.1 Å². The van der Waals surface area contributed by atoms with Crippen molar-refractivity contribution >= 4 is 23.5 Å². The molecular weight excluding hydrogens is 354 g/mol. The first-order chi connectivity index (χ1) is 13.5. The first-order valence-electron chi connectivity index (χ1n) is 9.56. The number of nitrogens with zero attached hydrogens (tertiary/aromatic N) is 2. The predicted octanol–water partition coefficient (Wildman–Crippen LogP) is 2.85. The largest absolute Gasteiger partial charge is 0.496 e. The summed E-state index contributed by atoms with van der Waals surface area (Å²) in [6.07, 6.45) is 3.33. The maximum atomic E-state index is 12.3. The van der Waals surface area contributed by atoms with Crippen molar-refractivity contribution in [2.24, 2.45) is 16.6 Å². The van der Waals surface area contributed by atoms with E-state index in [1.807, 2.05) is 31.3 Å². The van der Waals surface area contributed by atoms with Crippen LogP contribution in [0.4, 0.5) is 11.4 Å². The zero-order valence-corrected chi connectivity index (χ0v) is 16.2. The summed E-state index contributed by atoms with van der Waals surface area (Å²) in [6.45, 7) is 3.68. The van der Waals surface area contributed by atoms with Gasteiger partial charge in [0.2, 0.25) is 0 Å². The molecule has 1 fully saturated rings. The number of hydrogen-bond donors (Lipinski definition) is 2. The van der Waals surface area contributed by atoms with Crippen LogP contribution in [0.1, 0.15) is 27.9 Å². The number of aliphatic imine (C=N–C) groups is 1. The highest BCUT2D eigenvalue weighted by molar-refractivity contribution is 6.06. The van der Waals surface area contributed by atoms with Gasteiger partial charge in [-0.05, 0) is 48.2 Å². The second-order valence-corrected chi connectivity index (χ2v) is 7.49. The normalized spacial score (nSPS) is 17.8. The molecule has 0 aliphatic carbocycles. The Balaban J connectivity index is 1.89. The zero-order valence-electron chi connectivity index (χ0n) is 16.2. The number of nitrogens with two attached hydrogens (primary N) is 1. The number of aryl methyl sites for hydroxylation is 1. The van der Waals surface area contributed by atoms with Gasteiger partial charge < -0.3 is 20.5 Å². The molecule has 2 aromatic carbocycles. The van der Waals surface area contributed by atoms with Crippen LogP contribution in [0.25, 0.3) is 11.1 Å².